The van der Waals surface area contributed by atoms with Crippen LogP contribution in [0.2, 0.25) is 0 Å². The summed E-state index contributed by atoms with van der Waals surface area (Å²) in [4.78, 5) is 16.7. The number of carbonyl (C=O) groups excluding carboxylic acids is 1. The fraction of sp³-hybridized carbons (Fsp3) is 0.364. The molecule has 0 fully saturated rings. The SMILES string of the molecule is COCOc1cccc(O)c1C(=O)N(C)OC. The van der Waals surface area contributed by atoms with E-state index < -0.39 is 5.91 Å². The van der Waals surface area contributed by atoms with Gasteiger partial charge >= 0.3 is 0 Å². The zero-order valence-corrected chi connectivity index (χ0v) is 9.97. The number of phenolic OH excluding ortho intramolecular Hbond substituents is 1. The van der Waals surface area contributed by atoms with Crippen molar-refractivity contribution in [2.45, 2.75) is 0 Å². The maximum atomic E-state index is 11.9. The number of methoxy groups -OCH3 is 1. The van der Waals surface area contributed by atoms with Crippen LogP contribution in [-0.2, 0) is 9.57 Å². The molecule has 0 heterocycles. The normalized spacial score (nSPS) is 10.1. The Bertz CT molecular complexity index is 393. The van der Waals surface area contributed by atoms with Crippen LogP contribution in [0, 0.1) is 0 Å². The van der Waals surface area contributed by atoms with Gasteiger partial charge in [-0.25, -0.2) is 5.06 Å². The predicted octanol–water partition coefficient (Wildman–Crippen LogP) is 1.01. The number of carbonyl (C=O) groups is 1. The summed E-state index contributed by atoms with van der Waals surface area (Å²) in [6.07, 6.45) is 0. The minimum absolute atomic E-state index is 0.0135. The lowest BCUT2D eigenvalue weighted by molar-refractivity contribution is -0.0761. The van der Waals surface area contributed by atoms with Gasteiger partial charge in [-0.15, -0.1) is 0 Å². The first-order chi connectivity index (χ1) is 8.11. The van der Waals surface area contributed by atoms with Crippen LogP contribution in [0.25, 0.3) is 0 Å². The highest BCUT2D eigenvalue weighted by Gasteiger charge is 2.21. The molecule has 94 valence electrons. The second-order valence-electron chi connectivity index (χ2n) is 3.19. The molecule has 0 saturated heterocycles. The van der Waals surface area contributed by atoms with Crippen molar-refractivity contribution in [3.8, 4) is 11.5 Å². The second-order valence-corrected chi connectivity index (χ2v) is 3.19. The highest BCUT2D eigenvalue weighted by Crippen LogP contribution is 2.28. The number of ether oxygens (including phenoxy) is 2. The second kappa shape index (κ2) is 6.07. The van der Waals surface area contributed by atoms with E-state index >= 15 is 0 Å². The van der Waals surface area contributed by atoms with E-state index in [9.17, 15) is 9.90 Å². The number of aromatic hydroxyl groups is 1. The molecule has 1 aromatic rings. The molecule has 0 atom stereocenters. The van der Waals surface area contributed by atoms with Crippen LogP contribution in [0.5, 0.6) is 11.5 Å². The number of amides is 1. The van der Waals surface area contributed by atoms with Gasteiger partial charge in [0, 0.05) is 14.2 Å². The Hall–Kier alpha value is -1.79. The zero-order valence-electron chi connectivity index (χ0n) is 9.97. The Morgan fingerprint density at radius 3 is 2.71 bits per heavy atom. The van der Waals surface area contributed by atoms with Gasteiger partial charge in [-0.3, -0.25) is 9.63 Å². The van der Waals surface area contributed by atoms with E-state index in [4.69, 9.17) is 14.3 Å². The van der Waals surface area contributed by atoms with Crippen LogP contribution in [-0.4, -0.2) is 44.1 Å². The molecule has 0 unspecified atom stereocenters. The molecular formula is C11H15NO5. The summed E-state index contributed by atoms with van der Waals surface area (Å²) in [5.74, 6) is -0.440. The van der Waals surface area contributed by atoms with Gasteiger partial charge in [0.1, 0.15) is 17.1 Å². The summed E-state index contributed by atoms with van der Waals surface area (Å²) in [6.45, 7) is -0.0135. The summed E-state index contributed by atoms with van der Waals surface area (Å²) in [5.41, 5.74) is 0.0360. The van der Waals surface area contributed by atoms with E-state index in [0.717, 1.165) is 5.06 Å². The maximum absolute atomic E-state index is 11.9. The number of rotatable bonds is 5. The fourth-order valence-corrected chi connectivity index (χ4v) is 1.22. The van der Waals surface area contributed by atoms with Crippen molar-refractivity contribution in [1.82, 2.24) is 5.06 Å². The third-order valence-electron chi connectivity index (χ3n) is 2.11. The number of hydrogen-bond acceptors (Lipinski definition) is 5. The molecule has 0 spiro atoms. The van der Waals surface area contributed by atoms with E-state index in [1.807, 2.05) is 0 Å². The Kier molecular flexibility index (Phi) is 4.74. The molecule has 0 bridgehead atoms. The first-order valence-corrected chi connectivity index (χ1v) is 4.87. The molecule has 1 rings (SSSR count). The molecule has 0 aliphatic carbocycles. The molecule has 0 aromatic heterocycles. The molecule has 1 N–H and O–H groups in total. The van der Waals surface area contributed by atoms with Gasteiger partial charge in [0.25, 0.3) is 5.91 Å². The van der Waals surface area contributed by atoms with Crippen molar-refractivity contribution in [3.63, 3.8) is 0 Å². The third-order valence-corrected chi connectivity index (χ3v) is 2.11. The quantitative estimate of drug-likeness (QED) is 0.615. The smallest absolute Gasteiger partial charge is 0.284 e. The zero-order chi connectivity index (χ0) is 12.8. The van der Waals surface area contributed by atoms with Crippen LogP contribution < -0.4 is 4.74 Å². The van der Waals surface area contributed by atoms with Gasteiger partial charge in [0.15, 0.2) is 6.79 Å². The van der Waals surface area contributed by atoms with Crippen molar-refractivity contribution in [2.24, 2.45) is 0 Å². The minimum Gasteiger partial charge on any atom is -0.507 e. The lowest BCUT2D eigenvalue weighted by Gasteiger charge is -2.17. The largest absolute Gasteiger partial charge is 0.507 e. The van der Waals surface area contributed by atoms with Crippen LogP contribution in [0.1, 0.15) is 10.4 Å². The predicted molar refractivity (Wildman–Crippen MR) is 59.7 cm³/mol. The van der Waals surface area contributed by atoms with Gasteiger partial charge < -0.3 is 14.6 Å². The lowest BCUT2D eigenvalue weighted by atomic mass is 10.1. The average molecular weight is 241 g/mol. The van der Waals surface area contributed by atoms with Crippen molar-refractivity contribution < 1.29 is 24.2 Å². The molecule has 6 heteroatoms. The van der Waals surface area contributed by atoms with Gasteiger partial charge in [-0.1, -0.05) is 6.07 Å². The highest BCUT2D eigenvalue weighted by atomic mass is 16.7. The van der Waals surface area contributed by atoms with E-state index in [1.165, 1.54) is 27.3 Å². The summed E-state index contributed by atoms with van der Waals surface area (Å²) in [6, 6.07) is 4.54. The van der Waals surface area contributed by atoms with E-state index in [2.05, 4.69) is 0 Å². The van der Waals surface area contributed by atoms with Crippen LogP contribution in [0.15, 0.2) is 18.2 Å². The number of hydroxylamine groups is 2. The lowest BCUT2D eigenvalue weighted by Crippen LogP contribution is -2.26. The van der Waals surface area contributed by atoms with Gasteiger partial charge in [-0.05, 0) is 12.1 Å². The summed E-state index contributed by atoms with van der Waals surface area (Å²) < 4.78 is 9.94. The van der Waals surface area contributed by atoms with Gasteiger partial charge in [0.2, 0.25) is 0 Å². The summed E-state index contributed by atoms with van der Waals surface area (Å²) >= 11 is 0. The van der Waals surface area contributed by atoms with Crippen molar-refractivity contribution in [1.29, 1.82) is 0 Å². The first kappa shape index (κ1) is 13.3. The van der Waals surface area contributed by atoms with E-state index in [1.54, 1.807) is 12.1 Å². The Morgan fingerprint density at radius 2 is 2.12 bits per heavy atom. The molecule has 0 aliphatic heterocycles. The minimum atomic E-state index is -0.503. The first-order valence-electron chi connectivity index (χ1n) is 4.87. The number of benzene rings is 1. The van der Waals surface area contributed by atoms with Crippen molar-refractivity contribution in [2.75, 3.05) is 28.1 Å². The van der Waals surface area contributed by atoms with Crippen LogP contribution in [0.4, 0.5) is 0 Å². The Morgan fingerprint density at radius 1 is 1.41 bits per heavy atom. The molecular weight excluding hydrogens is 226 g/mol. The fourth-order valence-electron chi connectivity index (χ4n) is 1.22. The molecule has 0 radical (unpaired) electrons. The highest BCUT2D eigenvalue weighted by molar-refractivity contribution is 5.98. The molecule has 1 amide bonds. The van der Waals surface area contributed by atoms with E-state index in [-0.39, 0.29) is 23.9 Å². The molecule has 6 nitrogen and oxygen atoms in total. The average Bonchev–Trinajstić information content (AvgIpc) is 2.34. The summed E-state index contributed by atoms with van der Waals surface area (Å²) in [5, 5.41) is 10.7. The van der Waals surface area contributed by atoms with Crippen molar-refractivity contribution in [3.05, 3.63) is 23.8 Å². The number of nitrogens with zero attached hydrogens (tertiary/aromatic N) is 1. The van der Waals surface area contributed by atoms with Crippen LogP contribution in [0.3, 0.4) is 0 Å². The Labute approximate surface area is 99.3 Å². The monoisotopic (exact) mass is 241 g/mol. The van der Waals surface area contributed by atoms with Gasteiger partial charge in [-0.2, -0.15) is 0 Å². The molecule has 0 saturated carbocycles. The van der Waals surface area contributed by atoms with Crippen molar-refractivity contribution >= 4 is 5.91 Å². The van der Waals surface area contributed by atoms with Crippen LogP contribution >= 0.6 is 0 Å². The number of hydrogen-bond donors (Lipinski definition) is 1. The molecule has 0 aliphatic rings. The topological polar surface area (TPSA) is 68.2 Å². The summed E-state index contributed by atoms with van der Waals surface area (Å²) in [7, 11) is 4.26. The van der Waals surface area contributed by atoms with E-state index in [0.29, 0.717) is 0 Å². The number of phenols is 1. The standard InChI is InChI=1S/C11H15NO5/c1-12(16-3)11(14)10-8(13)5-4-6-9(10)17-7-15-2/h4-6,13H,7H2,1-3H3. The third kappa shape index (κ3) is 3.08. The molecule has 17 heavy (non-hydrogen) atoms. The maximum Gasteiger partial charge on any atom is 0.284 e. The van der Waals surface area contributed by atoms with Gasteiger partial charge in [0.05, 0.1) is 7.11 Å². The molecule has 1 aromatic carbocycles. The Balaban J connectivity index is 3.06.